The van der Waals surface area contributed by atoms with Crippen LogP contribution in [0.3, 0.4) is 0 Å². The molecule has 0 aromatic carbocycles. The Labute approximate surface area is 122 Å². The van der Waals surface area contributed by atoms with Crippen molar-refractivity contribution in [2.75, 3.05) is 18.9 Å². The van der Waals surface area contributed by atoms with Crippen LogP contribution in [-0.4, -0.2) is 45.8 Å². The molecule has 1 aromatic rings. The Hall–Kier alpha value is -1.70. The Morgan fingerprint density at radius 2 is 2.00 bits per heavy atom. The van der Waals surface area contributed by atoms with Crippen molar-refractivity contribution in [2.24, 2.45) is 11.8 Å². The van der Waals surface area contributed by atoms with Gasteiger partial charge < -0.3 is 10.0 Å². The summed E-state index contributed by atoms with van der Waals surface area (Å²) in [4.78, 5) is 23.9. The highest BCUT2D eigenvalue weighted by Gasteiger charge is 2.18. The normalized spacial score (nSPS) is 12.2. The number of nitrogens with one attached hydrogen (secondary N) is 1. The first-order valence-electron chi connectivity index (χ1n) is 6.37. The number of carbonyl (C=O) groups is 2. The fourth-order valence-electron chi connectivity index (χ4n) is 1.49. The van der Waals surface area contributed by atoms with E-state index in [0.717, 1.165) is 11.4 Å². The van der Waals surface area contributed by atoms with E-state index >= 15 is 0 Å². The Morgan fingerprint density at radius 3 is 2.55 bits per heavy atom. The predicted octanol–water partition coefficient (Wildman–Crippen LogP) is 1.92. The fourth-order valence-corrected chi connectivity index (χ4v) is 2.44. The average molecular weight is 300 g/mol. The maximum absolute atomic E-state index is 11.9. The van der Waals surface area contributed by atoms with E-state index in [9.17, 15) is 9.59 Å². The second-order valence-corrected chi connectivity index (χ2v) is 6.21. The number of aliphatic carboxylic acids is 1. The number of nitrogens with zero attached hydrogens (tertiary/aromatic N) is 3. The van der Waals surface area contributed by atoms with Crippen molar-refractivity contribution < 1.29 is 14.7 Å². The largest absolute Gasteiger partial charge is 0.481 e. The number of hydrogen-bond donors (Lipinski definition) is 2. The summed E-state index contributed by atoms with van der Waals surface area (Å²) in [5.41, 5.74) is 0. The molecule has 20 heavy (non-hydrogen) atoms. The molecule has 1 rings (SSSR count). The molecule has 0 bridgehead atoms. The van der Waals surface area contributed by atoms with E-state index in [2.05, 4.69) is 29.4 Å². The summed E-state index contributed by atoms with van der Waals surface area (Å²) in [5, 5.41) is 20.6. The van der Waals surface area contributed by atoms with E-state index in [1.165, 1.54) is 16.2 Å². The summed E-state index contributed by atoms with van der Waals surface area (Å²) in [6.07, 6.45) is 0.819. The van der Waals surface area contributed by atoms with Gasteiger partial charge in [-0.2, -0.15) is 0 Å². The van der Waals surface area contributed by atoms with E-state index in [1.54, 1.807) is 14.0 Å². The van der Waals surface area contributed by atoms with Gasteiger partial charge in [0.25, 0.3) is 0 Å². The Bertz CT molecular complexity index is 475. The molecule has 8 heteroatoms. The van der Waals surface area contributed by atoms with Crippen LogP contribution in [0.4, 0.5) is 9.93 Å². The molecule has 0 aliphatic rings. The molecule has 2 N–H and O–H groups in total. The molecule has 0 radical (unpaired) electrons. The number of carboxylic acids is 1. The second kappa shape index (κ2) is 7.18. The molecule has 0 aliphatic heterocycles. The van der Waals surface area contributed by atoms with Crippen LogP contribution in [0.15, 0.2) is 0 Å². The molecular formula is C12H20N4O3S. The number of carboxylic acid groups (broad SMARTS) is 1. The molecule has 7 nitrogen and oxygen atoms in total. The minimum atomic E-state index is -0.931. The molecule has 1 aromatic heterocycles. The van der Waals surface area contributed by atoms with Crippen LogP contribution < -0.4 is 5.32 Å². The summed E-state index contributed by atoms with van der Waals surface area (Å²) in [6, 6.07) is -0.384. The number of carbonyl (C=O) groups excluding carboxylic acids is 1. The average Bonchev–Trinajstić information content (AvgIpc) is 2.75. The molecular weight excluding hydrogens is 280 g/mol. The fraction of sp³-hybridized carbons (Fsp3) is 0.667. The zero-order chi connectivity index (χ0) is 15.3. The number of hydrogen-bond acceptors (Lipinski definition) is 5. The van der Waals surface area contributed by atoms with Gasteiger partial charge in [0.05, 0.1) is 5.92 Å². The maximum atomic E-state index is 11.9. The first-order valence-corrected chi connectivity index (χ1v) is 7.18. The van der Waals surface area contributed by atoms with E-state index in [0.29, 0.717) is 11.0 Å². The number of aromatic nitrogens is 2. The third-order valence-corrected chi connectivity index (χ3v) is 3.44. The van der Waals surface area contributed by atoms with Gasteiger partial charge in [-0.1, -0.05) is 32.1 Å². The summed E-state index contributed by atoms with van der Waals surface area (Å²) in [5.74, 6) is -1.07. The van der Waals surface area contributed by atoms with Crippen LogP contribution in [0.25, 0.3) is 0 Å². The van der Waals surface area contributed by atoms with Crippen LogP contribution >= 0.6 is 11.3 Å². The van der Waals surface area contributed by atoms with Crippen molar-refractivity contribution in [2.45, 2.75) is 27.2 Å². The minimum Gasteiger partial charge on any atom is -0.481 e. The zero-order valence-corrected chi connectivity index (χ0v) is 12.9. The van der Waals surface area contributed by atoms with Gasteiger partial charge >= 0.3 is 12.0 Å². The number of urea groups is 1. The zero-order valence-electron chi connectivity index (χ0n) is 12.1. The summed E-state index contributed by atoms with van der Waals surface area (Å²) in [7, 11) is 1.55. The third-order valence-electron chi connectivity index (χ3n) is 2.58. The number of anilines is 1. The molecule has 112 valence electrons. The highest BCUT2D eigenvalue weighted by atomic mass is 32.1. The van der Waals surface area contributed by atoms with E-state index in [1.807, 2.05) is 0 Å². The highest BCUT2D eigenvalue weighted by Crippen LogP contribution is 2.18. The van der Waals surface area contributed by atoms with Crippen LogP contribution in [-0.2, 0) is 11.2 Å². The van der Waals surface area contributed by atoms with Gasteiger partial charge in [-0.05, 0) is 5.92 Å². The Kier molecular flexibility index (Phi) is 5.87. The number of rotatable bonds is 6. The summed E-state index contributed by atoms with van der Waals surface area (Å²) >= 11 is 1.33. The monoisotopic (exact) mass is 300 g/mol. The van der Waals surface area contributed by atoms with Gasteiger partial charge in [-0.3, -0.25) is 10.1 Å². The predicted molar refractivity (Wildman–Crippen MR) is 76.9 cm³/mol. The first-order chi connectivity index (χ1) is 9.29. The van der Waals surface area contributed by atoms with Gasteiger partial charge in [0.1, 0.15) is 5.01 Å². The lowest BCUT2D eigenvalue weighted by molar-refractivity contribution is -0.141. The lowest BCUT2D eigenvalue weighted by Gasteiger charge is -2.18. The molecule has 1 atom stereocenters. The van der Waals surface area contributed by atoms with Crippen LogP contribution in [0, 0.1) is 11.8 Å². The molecule has 0 fully saturated rings. The van der Waals surface area contributed by atoms with Crippen molar-refractivity contribution >= 4 is 28.5 Å². The highest BCUT2D eigenvalue weighted by molar-refractivity contribution is 7.15. The molecule has 0 spiro atoms. The molecule has 1 unspecified atom stereocenters. The lowest BCUT2D eigenvalue weighted by Crippen LogP contribution is -2.36. The quantitative estimate of drug-likeness (QED) is 0.837. The molecule has 0 saturated heterocycles. The van der Waals surface area contributed by atoms with Crippen molar-refractivity contribution in [1.82, 2.24) is 15.1 Å². The number of amides is 2. The SMILES string of the molecule is CC(C)Cc1nnc(NC(=O)N(C)CC(C)C(=O)O)s1. The summed E-state index contributed by atoms with van der Waals surface area (Å²) in [6.45, 7) is 5.86. The van der Waals surface area contributed by atoms with Crippen molar-refractivity contribution in [3.8, 4) is 0 Å². The standard InChI is InChI=1S/C12H20N4O3S/c1-7(2)5-9-14-15-11(20-9)13-12(19)16(4)6-8(3)10(17)18/h7-8H,5-6H2,1-4H3,(H,17,18)(H,13,15,19). The van der Waals surface area contributed by atoms with Crippen molar-refractivity contribution in [3.05, 3.63) is 5.01 Å². The van der Waals surface area contributed by atoms with Gasteiger partial charge in [-0.25, -0.2) is 4.79 Å². The molecule has 2 amide bonds. The van der Waals surface area contributed by atoms with Crippen LogP contribution in [0.2, 0.25) is 0 Å². The Balaban J connectivity index is 2.53. The third kappa shape index (κ3) is 5.12. The molecule has 0 saturated carbocycles. The van der Waals surface area contributed by atoms with Crippen LogP contribution in [0.1, 0.15) is 25.8 Å². The van der Waals surface area contributed by atoms with E-state index in [-0.39, 0.29) is 12.6 Å². The van der Waals surface area contributed by atoms with Crippen LogP contribution in [0.5, 0.6) is 0 Å². The van der Waals surface area contributed by atoms with Crippen molar-refractivity contribution in [3.63, 3.8) is 0 Å². The van der Waals surface area contributed by atoms with Gasteiger partial charge in [0.15, 0.2) is 0 Å². The second-order valence-electron chi connectivity index (χ2n) is 5.15. The molecule has 1 heterocycles. The van der Waals surface area contributed by atoms with Gasteiger partial charge in [-0.15, -0.1) is 10.2 Å². The van der Waals surface area contributed by atoms with E-state index < -0.39 is 11.9 Å². The topological polar surface area (TPSA) is 95.4 Å². The van der Waals surface area contributed by atoms with Gasteiger partial charge in [0.2, 0.25) is 5.13 Å². The molecule has 0 aliphatic carbocycles. The Morgan fingerprint density at radius 1 is 1.35 bits per heavy atom. The van der Waals surface area contributed by atoms with E-state index in [4.69, 9.17) is 5.11 Å². The van der Waals surface area contributed by atoms with Gasteiger partial charge in [0, 0.05) is 20.0 Å². The van der Waals surface area contributed by atoms with Crippen molar-refractivity contribution in [1.29, 1.82) is 0 Å². The smallest absolute Gasteiger partial charge is 0.323 e. The first kappa shape index (κ1) is 16.4. The summed E-state index contributed by atoms with van der Waals surface area (Å²) < 4.78 is 0. The maximum Gasteiger partial charge on any atom is 0.323 e. The lowest BCUT2D eigenvalue weighted by atomic mass is 10.1. The minimum absolute atomic E-state index is 0.138.